The van der Waals surface area contributed by atoms with Crippen LogP contribution in [0.4, 0.5) is 5.69 Å². The molecule has 3 rings (SSSR count). The Labute approximate surface area is 162 Å². The first-order valence-corrected chi connectivity index (χ1v) is 9.34. The summed E-state index contributed by atoms with van der Waals surface area (Å²) in [7, 11) is 0. The summed E-state index contributed by atoms with van der Waals surface area (Å²) >= 11 is 3.37. The van der Waals surface area contributed by atoms with Crippen molar-refractivity contribution in [2.45, 2.75) is 12.8 Å². The molecule has 0 saturated heterocycles. The molecule has 1 amide bonds. The van der Waals surface area contributed by atoms with E-state index < -0.39 is 0 Å². The molecule has 1 N–H and O–H groups in total. The lowest BCUT2D eigenvalue weighted by atomic mass is 10.1. The summed E-state index contributed by atoms with van der Waals surface area (Å²) < 4.78 is 6.83. The molecule has 26 heavy (non-hydrogen) atoms. The van der Waals surface area contributed by atoms with E-state index in [2.05, 4.69) is 33.4 Å². The number of hydrogen-bond donors (Lipinski definition) is 1. The molecule has 0 aliphatic rings. The quantitative estimate of drug-likeness (QED) is 0.507. The van der Waals surface area contributed by atoms with Crippen LogP contribution >= 0.6 is 15.9 Å². The van der Waals surface area contributed by atoms with Gasteiger partial charge in [0.05, 0.1) is 12.3 Å². The number of carbonyl (C=O) groups is 1. The molecule has 0 heterocycles. The van der Waals surface area contributed by atoms with Gasteiger partial charge in [0.2, 0.25) is 0 Å². The van der Waals surface area contributed by atoms with E-state index in [-0.39, 0.29) is 5.91 Å². The van der Waals surface area contributed by atoms with Crippen LogP contribution in [0.1, 0.15) is 22.3 Å². The van der Waals surface area contributed by atoms with Gasteiger partial charge in [-0.05, 0) is 54.8 Å². The van der Waals surface area contributed by atoms with Crippen LogP contribution in [-0.2, 0) is 6.42 Å². The zero-order chi connectivity index (χ0) is 18.2. The Morgan fingerprint density at radius 3 is 2.35 bits per heavy atom. The SMILES string of the molecule is O=C(Nc1ccccc1OCCCc1ccccc1)c1ccc(Br)cc1. The summed E-state index contributed by atoms with van der Waals surface area (Å²) in [5.74, 6) is 0.531. The molecule has 0 saturated carbocycles. The van der Waals surface area contributed by atoms with E-state index in [1.54, 1.807) is 12.1 Å². The first-order chi connectivity index (χ1) is 12.7. The molecule has 3 aromatic carbocycles. The standard InChI is InChI=1S/C22H20BrNO2/c23-19-14-12-18(13-15-19)22(25)24-20-10-4-5-11-21(20)26-16-6-9-17-7-2-1-3-8-17/h1-5,7-8,10-15H,6,9,16H2,(H,24,25). The van der Waals surface area contributed by atoms with Crippen molar-refractivity contribution in [2.24, 2.45) is 0 Å². The Morgan fingerprint density at radius 2 is 1.58 bits per heavy atom. The molecule has 132 valence electrons. The Kier molecular flexibility index (Phi) is 6.45. The maximum Gasteiger partial charge on any atom is 0.255 e. The van der Waals surface area contributed by atoms with Gasteiger partial charge in [-0.15, -0.1) is 0 Å². The summed E-state index contributed by atoms with van der Waals surface area (Å²) in [4.78, 5) is 12.4. The predicted molar refractivity (Wildman–Crippen MR) is 109 cm³/mol. The Morgan fingerprint density at radius 1 is 0.885 bits per heavy atom. The molecule has 0 unspecified atom stereocenters. The molecule has 0 fully saturated rings. The largest absolute Gasteiger partial charge is 0.491 e. The van der Waals surface area contributed by atoms with Gasteiger partial charge in [-0.3, -0.25) is 4.79 Å². The number of aryl methyl sites for hydroxylation is 1. The second-order valence-electron chi connectivity index (χ2n) is 5.89. The molecule has 0 aliphatic heterocycles. The smallest absolute Gasteiger partial charge is 0.255 e. The van der Waals surface area contributed by atoms with E-state index in [0.29, 0.717) is 23.6 Å². The van der Waals surface area contributed by atoms with Gasteiger partial charge < -0.3 is 10.1 Å². The van der Waals surface area contributed by atoms with Gasteiger partial charge in [0.15, 0.2) is 0 Å². The fourth-order valence-corrected chi connectivity index (χ4v) is 2.86. The number of benzene rings is 3. The van der Waals surface area contributed by atoms with Gasteiger partial charge in [0.25, 0.3) is 5.91 Å². The van der Waals surface area contributed by atoms with Gasteiger partial charge in [0.1, 0.15) is 5.75 Å². The van der Waals surface area contributed by atoms with E-state index >= 15 is 0 Å². The number of halogens is 1. The highest BCUT2D eigenvalue weighted by molar-refractivity contribution is 9.10. The minimum Gasteiger partial charge on any atom is -0.491 e. The van der Waals surface area contributed by atoms with Crippen molar-refractivity contribution in [3.63, 3.8) is 0 Å². The molecule has 4 heteroatoms. The van der Waals surface area contributed by atoms with Crippen molar-refractivity contribution in [3.8, 4) is 5.75 Å². The number of para-hydroxylation sites is 2. The molecule has 3 nitrogen and oxygen atoms in total. The molecule has 0 bridgehead atoms. The fourth-order valence-electron chi connectivity index (χ4n) is 2.59. The van der Waals surface area contributed by atoms with Crippen LogP contribution in [0.25, 0.3) is 0 Å². The van der Waals surface area contributed by atoms with Crippen molar-refractivity contribution in [1.29, 1.82) is 0 Å². The molecule has 0 aliphatic carbocycles. The second-order valence-corrected chi connectivity index (χ2v) is 6.81. The van der Waals surface area contributed by atoms with Crippen molar-refractivity contribution >= 4 is 27.5 Å². The topological polar surface area (TPSA) is 38.3 Å². The highest BCUT2D eigenvalue weighted by Crippen LogP contribution is 2.25. The zero-order valence-electron chi connectivity index (χ0n) is 14.3. The summed E-state index contributed by atoms with van der Waals surface area (Å²) in [5.41, 5.74) is 2.58. The van der Waals surface area contributed by atoms with E-state index in [1.165, 1.54) is 5.56 Å². The van der Waals surface area contributed by atoms with Crippen LogP contribution in [0, 0.1) is 0 Å². The fraction of sp³-hybridized carbons (Fsp3) is 0.136. The van der Waals surface area contributed by atoms with Crippen molar-refractivity contribution in [1.82, 2.24) is 0 Å². The molecular weight excluding hydrogens is 390 g/mol. The molecule has 3 aromatic rings. The Hall–Kier alpha value is -2.59. The highest BCUT2D eigenvalue weighted by atomic mass is 79.9. The van der Waals surface area contributed by atoms with Crippen LogP contribution < -0.4 is 10.1 Å². The van der Waals surface area contributed by atoms with E-state index in [9.17, 15) is 4.79 Å². The van der Waals surface area contributed by atoms with Crippen LogP contribution in [-0.4, -0.2) is 12.5 Å². The normalized spacial score (nSPS) is 10.3. The summed E-state index contributed by atoms with van der Waals surface area (Å²) in [6, 6.07) is 25.1. The molecule has 0 radical (unpaired) electrons. The molecule has 0 spiro atoms. The number of carbonyl (C=O) groups excluding carboxylic acids is 1. The van der Waals surface area contributed by atoms with Gasteiger partial charge in [-0.2, -0.15) is 0 Å². The maximum absolute atomic E-state index is 12.4. The third-order valence-electron chi connectivity index (χ3n) is 3.95. The average molecular weight is 410 g/mol. The molecule has 0 atom stereocenters. The van der Waals surface area contributed by atoms with Crippen LogP contribution in [0.2, 0.25) is 0 Å². The van der Waals surface area contributed by atoms with E-state index in [0.717, 1.165) is 17.3 Å². The maximum atomic E-state index is 12.4. The third kappa shape index (κ3) is 5.20. The number of nitrogens with one attached hydrogen (secondary N) is 1. The molecule has 0 aromatic heterocycles. The van der Waals surface area contributed by atoms with Crippen LogP contribution in [0.3, 0.4) is 0 Å². The lowest BCUT2D eigenvalue weighted by Crippen LogP contribution is -2.13. The summed E-state index contributed by atoms with van der Waals surface area (Å²) in [6.45, 7) is 0.597. The van der Waals surface area contributed by atoms with Crippen molar-refractivity contribution in [3.05, 3.63) is 94.5 Å². The number of ether oxygens (including phenoxy) is 1. The van der Waals surface area contributed by atoms with Crippen LogP contribution in [0.15, 0.2) is 83.3 Å². The van der Waals surface area contributed by atoms with Gasteiger partial charge >= 0.3 is 0 Å². The van der Waals surface area contributed by atoms with Gasteiger partial charge in [-0.1, -0.05) is 58.4 Å². The number of anilines is 1. The second kappa shape index (κ2) is 9.20. The van der Waals surface area contributed by atoms with Crippen LogP contribution in [0.5, 0.6) is 5.75 Å². The predicted octanol–water partition coefficient (Wildman–Crippen LogP) is 5.71. The van der Waals surface area contributed by atoms with Gasteiger partial charge in [-0.25, -0.2) is 0 Å². The minimum atomic E-state index is -0.155. The molecular formula is C22H20BrNO2. The van der Waals surface area contributed by atoms with Gasteiger partial charge in [0, 0.05) is 10.0 Å². The van der Waals surface area contributed by atoms with Crippen molar-refractivity contribution in [2.75, 3.05) is 11.9 Å². The first kappa shape index (κ1) is 18.2. The third-order valence-corrected chi connectivity index (χ3v) is 4.48. The van der Waals surface area contributed by atoms with E-state index in [1.807, 2.05) is 54.6 Å². The number of amides is 1. The minimum absolute atomic E-state index is 0.155. The number of rotatable bonds is 7. The average Bonchev–Trinajstić information content (AvgIpc) is 2.68. The lowest BCUT2D eigenvalue weighted by Gasteiger charge is -2.12. The number of hydrogen-bond acceptors (Lipinski definition) is 2. The first-order valence-electron chi connectivity index (χ1n) is 8.55. The zero-order valence-corrected chi connectivity index (χ0v) is 15.9. The summed E-state index contributed by atoms with van der Waals surface area (Å²) in [6.07, 6.45) is 1.88. The Balaban J connectivity index is 1.57. The van der Waals surface area contributed by atoms with E-state index in [4.69, 9.17) is 4.74 Å². The summed E-state index contributed by atoms with van der Waals surface area (Å²) in [5, 5.41) is 2.93. The monoisotopic (exact) mass is 409 g/mol. The van der Waals surface area contributed by atoms with Crippen molar-refractivity contribution < 1.29 is 9.53 Å². The highest BCUT2D eigenvalue weighted by Gasteiger charge is 2.09. The Bertz CT molecular complexity index is 848. The lowest BCUT2D eigenvalue weighted by molar-refractivity contribution is 0.102.